The molecule has 0 bridgehead atoms. The molecule has 0 aromatic carbocycles. The van der Waals surface area contributed by atoms with Crippen molar-refractivity contribution in [3.8, 4) is 0 Å². The lowest BCUT2D eigenvalue weighted by Crippen LogP contribution is -2.52. The predicted octanol–water partition coefficient (Wildman–Crippen LogP) is 2.41. The molecule has 1 saturated carbocycles. The zero-order chi connectivity index (χ0) is 11.3. The molecule has 2 N–H and O–H groups in total. The van der Waals surface area contributed by atoms with Crippen LogP contribution in [0.15, 0.2) is 0 Å². The zero-order valence-corrected chi connectivity index (χ0v) is 9.88. The van der Waals surface area contributed by atoms with Gasteiger partial charge in [-0.2, -0.15) is 0 Å². The number of rotatable bonds is 8. The summed E-state index contributed by atoms with van der Waals surface area (Å²) < 4.78 is 0. The Morgan fingerprint density at radius 1 is 1.47 bits per heavy atom. The summed E-state index contributed by atoms with van der Waals surface area (Å²) in [6, 6.07) is 0. The molecule has 1 atom stereocenters. The smallest absolute Gasteiger partial charge is 0.323 e. The van der Waals surface area contributed by atoms with Gasteiger partial charge in [0.1, 0.15) is 5.54 Å². The summed E-state index contributed by atoms with van der Waals surface area (Å²) in [6.07, 6.45) is 6.00. The van der Waals surface area contributed by atoms with Crippen molar-refractivity contribution in [1.82, 2.24) is 5.32 Å². The summed E-state index contributed by atoms with van der Waals surface area (Å²) in [5.41, 5.74) is -0.668. The minimum atomic E-state index is -0.681. The first-order chi connectivity index (χ1) is 7.14. The van der Waals surface area contributed by atoms with Crippen LogP contribution in [0.2, 0.25) is 0 Å². The van der Waals surface area contributed by atoms with Crippen molar-refractivity contribution in [1.29, 1.82) is 0 Å². The number of aliphatic carboxylic acids is 1. The Morgan fingerprint density at radius 2 is 2.13 bits per heavy atom. The maximum atomic E-state index is 11.3. The van der Waals surface area contributed by atoms with Gasteiger partial charge in [0.2, 0.25) is 0 Å². The highest BCUT2D eigenvalue weighted by atomic mass is 16.4. The lowest BCUT2D eigenvalue weighted by atomic mass is 9.89. The average molecular weight is 213 g/mol. The first kappa shape index (κ1) is 12.5. The van der Waals surface area contributed by atoms with Gasteiger partial charge >= 0.3 is 5.97 Å². The van der Waals surface area contributed by atoms with Gasteiger partial charge in [0.15, 0.2) is 0 Å². The Hall–Kier alpha value is -0.570. The molecule has 15 heavy (non-hydrogen) atoms. The summed E-state index contributed by atoms with van der Waals surface area (Å²) in [5.74, 6) is 0.0519. The van der Waals surface area contributed by atoms with Gasteiger partial charge in [-0.25, -0.2) is 0 Å². The molecule has 0 saturated heterocycles. The minimum Gasteiger partial charge on any atom is -0.480 e. The number of hydrogen-bond acceptors (Lipinski definition) is 2. The normalized spacial score (nSPS) is 19.9. The Morgan fingerprint density at radius 3 is 2.53 bits per heavy atom. The maximum Gasteiger partial charge on any atom is 0.323 e. The fourth-order valence-electron chi connectivity index (χ4n) is 1.86. The second kappa shape index (κ2) is 5.50. The molecule has 1 aliphatic carbocycles. The standard InChI is InChI=1S/C12H23NO2/c1-3-5-8-12(4-2,11(14)15)13-9-10-6-7-10/h10,13H,3-9H2,1-2H3,(H,14,15). The molecule has 1 unspecified atom stereocenters. The average Bonchev–Trinajstić information content (AvgIpc) is 3.02. The van der Waals surface area contributed by atoms with Gasteiger partial charge in [-0.05, 0) is 38.1 Å². The first-order valence-electron chi connectivity index (χ1n) is 6.13. The number of carbonyl (C=O) groups is 1. The third kappa shape index (κ3) is 3.49. The van der Waals surface area contributed by atoms with E-state index in [1.807, 2.05) is 6.92 Å². The number of unbranched alkanes of at least 4 members (excludes halogenated alkanes) is 1. The molecular weight excluding hydrogens is 190 g/mol. The van der Waals surface area contributed by atoms with Gasteiger partial charge in [-0.3, -0.25) is 4.79 Å². The second-order valence-corrected chi connectivity index (χ2v) is 4.67. The fraction of sp³-hybridized carbons (Fsp3) is 0.917. The molecule has 0 heterocycles. The van der Waals surface area contributed by atoms with Crippen LogP contribution in [0.5, 0.6) is 0 Å². The Kier molecular flexibility index (Phi) is 4.58. The van der Waals surface area contributed by atoms with Gasteiger partial charge < -0.3 is 10.4 Å². The Labute approximate surface area is 92.3 Å². The van der Waals surface area contributed by atoms with Gasteiger partial charge in [-0.1, -0.05) is 26.7 Å². The van der Waals surface area contributed by atoms with Crippen LogP contribution in [-0.2, 0) is 4.79 Å². The highest BCUT2D eigenvalue weighted by Crippen LogP contribution is 2.29. The quantitative estimate of drug-likeness (QED) is 0.651. The Bertz CT molecular complexity index is 214. The number of nitrogens with one attached hydrogen (secondary N) is 1. The van der Waals surface area contributed by atoms with Gasteiger partial charge in [0.05, 0.1) is 0 Å². The molecule has 0 aliphatic heterocycles. The van der Waals surface area contributed by atoms with Crippen molar-refractivity contribution in [3.63, 3.8) is 0 Å². The maximum absolute atomic E-state index is 11.3. The molecule has 1 fully saturated rings. The van der Waals surface area contributed by atoms with E-state index in [0.29, 0.717) is 6.42 Å². The van der Waals surface area contributed by atoms with Crippen LogP contribution in [0.25, 0.3) is 0 Å². The van der Waals surface area contributed by atoms with E-state index in [9.17, 15) is 9.90 Å². The van der Waals surface area contributed by atoms with Gasteiger partial charge in [0.25, 0.3) is 0 Å². The first-order valence-corrected chi connectivity index (χ1v) is 6.13. The van der Waals surface area contributed by atoms with Crippen LogP contribution in [0.1, 0.15) is 52.4 Å². The van der Waals surface area contributed by atoms with Crippen molar-refractivity contribution in [2.24, 2.45) is 5.92 Å². The molecular formula is C12H23NO2. The summed E-state index contributed by atoms with van der Waals surface area (Å²) in [6.45, 7) is 4.94. The van der Waals surface area contributed by atoms with Crippen molar-refractivity contribution in [2.75, 3.05) is 6.54 Å². The summed E-state index contributed by atoms with van der Waals surface area (Å²) in [4.78, 5) is 11.3. The SMILES string of the molecule is CCCCC(CC)(NCC1CC1)C(=O)O. The van der Waals surface area contributed by atoms with E-state index in [2.05, 4.69) is 12.2 Å². The lowest BCUT2D eigenvalue weighted by Gasteiger charge is -2.29. The molecule has 0 aromatic heterocycles. The van der Waals surface area contributed by atoms with E-state index >= 15 is 0 Å². The monoisotopic (exact) mass is 213 g/mol. The molecule has 0 radical (unpaired) electrons. The van der Waals surface area contributed by atoms with Crippen molar-refractivity contribution < 1.29 is 9.90 Å². The predicted molar refractivity (Wildman–Crippen MR) is 60.9 cm³/mol. The van der Waals surface area contributed by atoms with E-state index in [1.165, 1.54) is 12.8 Å². The zero-order valence-electron chi connectivity index (χ0n) is 9.88. The van der Waals surface area contributed by atoms with Crippen LogP contribution in [-0.4, -0.2) is 23.2 Å². The second-order valence-electron chi connectivity index (χ2n) is 4.67. The third-order valence-corrected chi connectivity index (χ3v) is 3.40. The number of hydrogen-bond donors (Lipinski definition) is 2. The van der Waals surface area contributed by atoms with E-state index in [4.69, 9.17) is 0 Å². The Balaban J connectivity index is 2.49. The number of carboxylic acids is 1. The minimum absolute atomic E-state index is 0.668. The molecule has 0 aromatic rings. The van der Waals surface area contributed by atoms with Gasteiger partial charge in [-0.15, -0.1) is 0 Å². The molecule has 0 amide bonds. The van der Waals surface area contributed by atoms with Crippen LogP contribution in [0.4, 0.5) is 0 Å². The summed E-state index contributed by atoms with van der Waals surface area (Å²) in [7, 11) is 0. The molecule has 3 heteroatoms. The van der Waals surface area contributed by atoms with Crippen LogP contribution < -0.4 is 5.32 Å². The van der Waals surface area contributed by atoms with E-state index < -0.39 is 11.5 Å². The lowest BCUT2D eigenvalue weighted by molar-refractivity contribution is -0.145. The van der Waals surface area contributed by atoms with Crippen molar-refractivity contribution in [3.05, 3.63) is 0 Å². The van der Waals surface area contributed by atoms with Crippen LogP contribution in [0, 0.1) is 5.92 Å². The van der Waals surface area contributed by atoms with Crippen LogP contribution >= 0.6 is 0 Å². The molecule has 1 rings (SSSR count). The molecule has 3 nitrogen and oxygen atoms in total. The van der Waals surface area contributed by atoms with E-state index in [1.54, 1.807) is 0 Å². The number of carboxylic acid groups (broad SMARTS) is 1. The van der Waals surface area contributed by atoms with Crippen molar-refractivity contribution in [2.45, 2.75) is 57.9 Å². The fourth-order valence-corrected chi connectivity index (χ4v) is 1.86. The highest BCUT2D eigenvalue weighted by Gasteiger charge is 2.37. The summed E-state index contributed by atoms with van der Waals surface area (Å²) in [5, 5.41) is 12.6. The van der Waals surface area contributed by atoms with Crippen LogP contribution in [0.3, 0.4) is 0 Å². The highest BCUT2D eigenvalue weighted by molar-refractivity contribution is 5.78. The third-order valence-electron chi connectivity index (χ3n) is 3.40. The van der Waals surface area contributed by atoms with E-state index in [-0.39, 0.29) is 0 Å². The van der Waals surface area contributed by atoms with E-state index in [0.717, 1.165) is 31.7 Å². The topological polar surface area (TPSA) is 49.3 Å². The molecule has 0 spiro atoms. The van der Waals surface area contributed by atoms with Gasteiger partial charge in [0, 0.05) is 0 Å². The largest absolute Gasteiger partial charge is 0.480 e. The molecule has 1 aliphatic rings. The molecule has 88 valence electrons. The van der Waals surface area contributed by atoms with Crippen molar-refractivity contribution >= 4 is 5.97 Å². The summed E-state index contributed by atoms with van der Waals surface area (Å²) >= 11 is 0.